The van der Waals surface area contributed by atoms with Crippen molar-refractivity contribution >= 4 is 22.7 Å². The molecule has 0 saturated heterocycles. The highest BCUT2D eigenvalue weighted by Gasteiger charge is 2.12. The minimum atomic E-state index is 0.173. The van der Waals surface area contributed by atoms with E-state index < -0.39 is 0 Å². The van der Waals surface area contributed by atoms with Crippen LogP contribution in [-0.2, 0) is 6.42 Å². The van der Waals surface area contributed by atoms with Crippen molar-refractivity contribution in [2.75, 3.05) is 11.5 Å². The molecule has 1 aromatic carbocycles. The first-order valence-electron chi connectivity index (χ1n) is 6.36. The molecule has 0 aliphatic heterocycles. The van der Waals surface area contributed by atoms with Crippen LogP contribution in [-0.4, -0.2) is 15.0 Å². The lowest BCUT2D eigenvalue weighted by atomic mass is 10.00. The van der Waals surface area contributed by atoms with Gasteiger partial charge in [-0.05, 0) is 18.1 Å². The number of anilines is 2. The molecular weight excluding hydrogens is 250 g/mol. The average Bonchev–Trinajstić information content (AvgIpc) is 2.43. The van der Waals surface area contributed by atoms with Crippen molar-refractivity contribution in [3.63, 3.8) is 0 Å². The maximum atomic E-state index is 6.02. The number of aryl methyl sites for hydroxylation is 1. The van der Waals surface area contributed by atoms with Crippen molar-refractivity contribution in [3.8, 4) is 0 Å². The third-order valence-corrected chi connectivity index (χ3v) is 3.33. The number of nitrogens with zero attached hydrogens (tertiary/aromatic N) is 3. The van der Waals surface area contributed by atoms with Gasteiger partial charge in [-0.1, -0.05) is 30.3 Å². The van der Waals surface area contributed by atoms with Gasteiger partial charge < -0.3 is 11.5 Å². The van der Waals surface area contributed by atoms with Crippen LogP contribution in [0.3, 0.4) is 0 Å². The minimum absolute atomic E-state index is 0.173. The number of aromatic nitrogens is 3. The van der Waals surface area contributed by atoms with Gasteiger partial charge in [-0.25, -0.2) is 4.98 Å². The lowest BCUT2D eigenvalue weighted by Gasteiger charge is -2.11. The molecule has 5 nitrogen and oxygen atoms in total. The summed E-state index contributed by atoms with van der Waals surface area (Å²) in [5, 5.41) is 0.843. The lowest BCUT2D eigenvalue weighted by Crippen LogP contribution is -2.05. The molecule has 0 bridgehead atoms. The van der Waals surface area contributed by atoms with Crippen molar-refractivity contribution in [1.82, 2.24) is 15.0 Å². The van der Waals surface area contributed by atoms with E-state index in [0.29, 0.717) is 11.3 Å². The van der Waals surface area contributed by atoms with E-state index in [1.807, 2.05) is 25.1 Å². The molecule has 0 aliphatic carbocycles. The zero-order chi connectivity index (χ0) is 14.1. The largest absolute Gasteiger partial charge is 0.383 e. The third-order valence-electron chi connectivity index (χ3n) is 3.33. The fraction of sp³-hybridized carbons (Fsp3) is 0.133. The Kier molecular flexibility index (Phi) is 2.95. The molecule has 4 N–H and O–H groups in total. The second-order valence-electron chi connectivity index (χ2n) is 4.71. The van der Waals surface area contributed by atoms with Gasteiger partial charge in [-0.15, -0.1) is 0 Å². The number of fused-ring (bicyclic) bond motifs is 1. The summed E-state index contributed by atoms with van der Waals surface area (Å²) in [5.74, 6) is 0.579. The predicted octanol–water partition coefficient (Wildman–Crippen LogP) is 2.09. The van der Waals surface area contributed by atoms with Crippen molar-refractivity contribution < 1.29 is 0 Å². The van der Waals surface area contributed by atoms with Crippen LogP contribution in [0.1, 0.15) is 16.8 Å². The average molecular weight is 265 g/mol. The van der Waals surface area contributed by atoms with Crippen molar-refractivity contribution in [2.24, 2.45) is 0 Å². The first-order valence-corrected chi connectivity index (χ1v) is 6.36. The predicted molar refractivity (Wildman–Crippen MR) is 80.1 cm³/mol. The van der Waals surface area contributed by atoms with Crippen LogP contribution in [0.15, 0.2) is 36.5 Å². The monoisotopic (exact) mass is 265 g/mol. The molecule has 0 unspecified atom stereocenters. The summed E-state index contributed by atoms with van der Waals surface area (Å²) in [6.07, 6.45) is 2.43. The Bertz CT molecular complexity index is 768. The molecule has 0 saturated carbocycles. The quantitative estimate of drug-likeness (QED) is 0.740. The van der Waals surface area contributed by atoms with Gasteiger partial charge in [0.15, 0.2) is 0 Å². The summed E-state index contributed by atoms with van der Waals surface area (Å²) in [4.78, 5) is 12.7. The van der Waals surface area contributed by atoms with E-state index in [2.05, 4.69) is 27.1 Å². The number of hydrogen-bond acceptors (Lipinski definition) is 5. The Hall–Kier alpha value is -2.69. The van der Waals surface area contributed by atoms with Gasteiger partial charge in [0.1, 0.15) is 5.82 Å². The van der Waals surface area contributed by atoms with Gasteiger partial charge in [-0.3, -0.25) is 4.98 Å². The minimum Gasteiger partial charge on any atom is -0.383 e. The maximum Gasteiger partial charge on any atom is 0.222 e. The van der Waals surface area contributed by atoms with Crippen LogP contribution in [0, 0.1) is 6.92 Å². The topological polar surface area (TPSA) is 90.7 Å². The maximum absolute atomic E-state index is 6.02. The second kappa shape index (κ2) is 4.77. The van der Waals surface area contributed by atoms with Crippen molar-refractivity contribution in [1.29, 1.82) is 0 Å². The van der Waals surface area contributed by atoms with E-state index in [4.69, 9.17) is 11.5 Å². The first-order chi connectivity index (χ1) is 9.65. The van der Waals surface area contributed by atoms with Crippen molar-refractivity contribution in [3.05, 3.63) is 53.3 Å². The molecule has 20 heavy (non-hydrogen) atoms. The van der Waals surface area contributed by atoms with E-state index in [1.54, 1.807) is 6.20 Å². The van der Waals surface area contributed by atoms with Crippen LogP contribution in [0.5, 0.6) is 0 Å². The Morgan fingerprint density at radius 1 is 1.05 bits per heavy atom. The Morgan fingerprint density at radius 2 is 1.80 bits per heavy atom. The normalized spacial score (nSPS) is 10.8. The molecule has 0 atom stereocenters. The van der Waals surface area contributed by atoms with E-state index in [1.165, 1.54) is 5.56 Å². The summed E-state index contributed by atoms with van der Waals surface area (Å²) in [5.41, 5.74) is 15.5. The van der Waals surface area contributed by atoms with Crippen molar-refractivity contribution in [2.45, 2.75) is 13.3 Å². The number of rotatable bonds is 2. The van der Waals surface area contributed by atoms with Crippen LogP contribution >= 0.6 is 0 Å². The molecule has 5 heteroatoms. The Morgan fingerprint density at radius 3 is 2.55 bits per heavy atom. The van der Waals surface area contributed by atoms with Gasteiger partial charge in [-0.2, -0.15) is 4.98 Å². The second-order valence-corrected chi connectivity index (χ2v) is 4.71. The van der Waals surface area contributed by atoms with E-state index in [9.17, 15) is 0 Å². The fourth-order valence-electron chi connectivity index (χ4n) is 2.35. The van der Waals surface area contributed by atoms with Gasteiger partial charge in [0, 0.05) is 17.5 Å². The molecule has 3 rings (SSSR count). The molecule has 3 aromatic rings. The molecule has 0 amide bonds. The van der Waals surface area contributed by atoms with E-state index >= 15 is 0 Å². The molecule has 0 radical (unpaired) electrons. The summed E-state index contributed by atoms with van der Waals surface area (Å²) < 4.78 is 0. The highest BCUT2D eigenvalue weighted by atomic mass is 15.0. The number of nitrogen functional groups attached to an aromatic ring is 2. The molecule has 2 heterocycles. The van der Waals surface area contributed by atoms with E-state index in [-0.39, 0.29) is 5.95 Å². The highest BCUT2D eigenvalue weighted by Crippen LogP contribution is 2.26. The molecule has 100 valence electrons. The lowest BCUT2D eigenvalue weighted by molar-refractivity contribution is 1.09. The standard InChI is InChI=1S/C15H15N5/c1-9-11(7-10-5-3-2-4-6-10)13-12(8-18-9)19-15(17)20-14(13)16/h2-6,8H,7H2,1H3,(H4,16,17,19,20). The summed E-state index contributed by atoms with van der Waals surface area (Å²) in [6, 6.07) is 10.2. The fourth-order valence-corrected chi connectivity index (χ4v) is 2.35. The number of benzene rings is 1. The number of hydrogen-bond donors (Lipinski definition) is 2. The summed E-state index contributed by atoms with van der Waals surface area (Å²) in [6.45, 7) is 1.97. The number of pyridine rings is 1. The van der Waals surface area contributed by atoms with Gasteiger partial charge >= 0.3 is 0 Å². The highest BCUT2D eigenvalue weighted by molar-refractivity contribution is 5.92. The van der Waals surface area contributed by atoms with Gasteiger partial charge in [0.2, 0.25) is 5.95 Å². The van der Waals surface area contributed by atoms with Crippen LogP contribution < -0.4 is 11.5 Å². The Labute approximate surface area is 116 Å². The molecule has 0 fully saturated rings. The zero-order valence-corrected chi connectivity index (χ0v) is 11.2. The number of nitrogens with two attached hydrogens (primary N) is 2. The van der Waals surface area contributed by atoms with Crippen LogP contribution in [0.25, 0.3) is 10.9 Å². The van der Waals surface area contributed by atoms with Crippen LogP contribution in [0.2, 0.25) is 0 Å². The Balaban J connectivity index is 2.21. The van der Waals surface area contributed by atoms with Gasteiger partial charge in [0.05, 0.1) is 11.7 Å². The smallest absolute Gasteiger partial charge is 0.222 e. The molecule has 2 aromatic heterocycles. The zero-order valence-electron chi connectivity index (χ0n) is 11.2. The van der Waals surface area contributed by atoms with Crippen LogP contribution in [0.4, 0.5) is 11.8 Å². The third kappa shape index (κ3) is 2.14. The molecule has 0 spiro atoms. The van der Waals surface area contributed by atoms with Gasteiger partial charge in [0.25, 0.3) is 0 Å². The summed E-state index contributed by atoms with van der Waals surface area (Å²) >= 11 is 0. The van der Waals surface area contributed by atoms with E-state index in [0.717, 1.165) is 23.1 Å². The SMILES string of the molecule is Cc1ncc2nc(N)nc(N)c2c1Cc1ccccc1. The molecule has 0 aliphatic rings. The molecular formula is C15H15N5. The summed E-state index contributed by atoms with van der Waals surface area (Å²) in [7, 11) is 0. The first kappa shape index (κ1) is 12.3.